The molecule has 0 fully saturated rings. The second kappa shape index (κ2) is 7.06. The number of hydrogen-bond donors (Lipinski definition) is 0. The Morgan fingerprint density at radius 3 is 2.74 bits per heavy atom. The highest BCUT2D eigenvalue weighted by molar-refractivity contribution is 5.76. The highest BCUT2D eigenvalue weighted by Crippen LogP contribution is 2.28. The van der Waals surface area contributed by atoms with Crippen LogP contribution >= 0.6 is 0 Å². The van der Waals surface area contributed by atoms with E-state index in [1.165, 1.54) is 11.0 Å². The Morgan fingerprint density at radius 2 is 2.04 bits per heavy atom. The molecule has 10 nitrogen and oxygen atoms in total. The largest absolute Gasteiger partial charge is 0.362 e. The number of tetrazole rings is 1. The lowest BCUT2D eigenvalue weighted by Gasteiger charge is -2.30. The van der Waals surface area contributed by atoms with Crippen LogP contribution in [0.4, 0.5) is 5.82 Å². The Balaban J connectivity index is 1.65. The van der Waals surface area contributed by atoms with Gasteiger partial charge >= 0.3 is 0 Å². The third kappa shape index (κ3) is 3.46. The number of amides is 1. The van der Waals surface area contributed by atoms with Crippen molar-refractivity contribution in [3.05, 3.63) is 42.1 Å². The molecule has 138 valence electrons. The van der Waals surface area contributed by atoms with Gasteiger partial charge in [-0.2, -0.15) is 0 Å². The van der Waals surface area contributed by atoms with Crippen molar-refractivity contribution in [1.82, 2.24) is 40.1 Å². The van der Waals surface area contributed by atoms with Gasteiger partial charge in [0, 0.05) is 44.2 Å². The minimum absolute atomic E-state index is 0.0385. The van der Waals surface area contributed by atoms with Gasteiger partial charge in [0.1, 0.15) is 18.7 Å². The second-order valence-corrected chi connectivity index (χ2v) is 6.50. The summed E-state index contributed by atoms with van der Waals surface area (Å²) in [6.07, 6.45) is 5.58. The standard InChI is InChI=1S/C17H19N9O/c1-24(2)17-13-5-8-25(15(27)10-26-11-19-22-23-26)9-14(13)20-16(21-17)12-3-6-18-7-4-12/h3-4,6-7,11H,5,8-10H2,1-2H3. The van der Waals surface area contributed by atoms with Crippen LogP contribution in [0, 0.1) is 0 Å². The molecule has 0 saturated heterocycles. The average Bonchev–Trinajstić information content (AvgIpc) is 3.20. The van der Waals surface area contributed by atoms with E-state index in [0.717, 1.165) is 22.6 Å². The molecular weight excluding hydrogens is 346 g/mol. The number of rotatable bonds is 4. The third-order valence-electron chi connectivity index (χ3n) is 4.45. The SMILES string of the molecule is CN(C)c1nc(-c2ccncc2)nc2c1CCN(C(=O)Cn1cnnn1)C2. The van der Waals surface area contributed by atoms with E-state index in [1.54, 1.807) is 17.3 Å². The molecule has 4 heterocycles. The summed E-state index contributed by atoms with van der Waals surface area (Å²) in [7, 11) is 3.93. The van der Waals surface area contributed by atoms with Gasteiger partial charge in [-0.3, -0.25) is 9.78 Å². The molecule has 1 amide bonds. The summed E-state index contributed by atoms with van der Waals surface area (Å²) < 4.78 is 1.42. The van der Waals surface area contributed by atoms with Crippen LogP contribution in [0.5, 0.6) is 0 Å². The molecule has 4 rings (SSSR count). The number of pyridine rings is 1. The smallest absolute Gasteiger partial charge is 0.244 e. The summed E-state index contributed by atoms with van der Waals surface area (Å²) in [4.78, 5) is 29.9. The van der Waals surface area contributed by atoms with Crippen LogP contribution in [-0.4, -0.2) is 66.6 Å². The molecule has 0 aromatic carbocycles. The number of carbonyl (C=O) groups excluding carboxylic acids is 1. The Kier molecular flexibility index (Phi) is 4.45. The van der Waals surface area contributed by atoms with Gasteiger partial charge in [-0.05, 0) is 29.0 Å². The number of hydrogen-bond acceptors (Lipinski definition) is 8. The number of anilines is 1. The molecule has 0 atom stereocenters. The summed E-state index contributed by atoms with van der Waals surface area (Å²) >= 11 is 0. The zero-order valence-corrected chi connectivity index (χ0v) is 15.1. The highest BCUT2D eigenvalue weighted by atomic mass is 16.2. The maximum atomic E-state index is 12.6. The monoisotopic (exact) mass is 365 g/mol. The van der Waals surface area contributed by atoms with E-state index in [1.807, 2.05) is 31.1 Å². The Bertz CT molecular complexity index is 941. The van der Waals surface area contributed by atoms with Crippen LogP contribution in [-0.2, 0) is 24.3 Å². The summed E-state index contributed by atoms with van der Waals surface area (Å²) in [5, 5.41) is 10.9. The first-order valence-corrected chi connectivity index (χ1v) is 8.58. The molecule has 1 aliphatic heterocycles. The fourth-order valence-corrected chi connectivity index (χ4v) is 3.11. The van der Waals surface area contributed by atoms with Crippen LogP contribution < -0.4 is 4.90 Å². The van der Waals surface area contributed by atoms with Crippen LogP contribution in [0.15, 0.2) is 30.9 Å². The van der Waals surface area contributed by atoms with Crippen molar-refractivity contribution < 1.29 is 4.79 Å². The first kappa shape index (κ1) is 17.0. The van der Waals surface area contributed by atoms with Gasteiger partial charge in [0.25, 0.3) is 0 Å². The van der Waals surface area contributed by atoms with Crippen LogP contribution in [0.25, 0.3) is 11.4 Å². The van der Waals surface area contributed by atoms with Gasteiger partial charge in [-0.25, -0.2) is 14.6 Å². The van der Waals surface area contributed by atoms with Crippen molar-refractivity contribution in [2.75, 3.05) is 25.5 Å². The summed E-state index contributed by atoms with van der Waals surface area (Å²) in [5.74, 6) is 1.48. The van der Waals surface area contributed by atoms with E-state index in [9.17, 15) is 4.79 Å². The first-order valence-electron chi connectivity index (χ1n) is 8.58. The number of fused-ring (bicyclic) bond motifs is 1. The fourth-order valence-electron chi connectivity index (χ4n) is 3.11. The quantitative estimate of drug-likeness (QED) is 0.644. The van der Waals surface area contributed by atoms with E-state index in [-0.39, 0.29) is 12.5 Å². The van der Waals surface area contributed by atoms with Crippen molar-refractivity contribution in [3.63, 3.8) is 0 Å². The normalized spacial score (nSPS) is 13.3. The topological polar surface area (TPSA) is 106 Å². The van der Waals surface area contributed by atoms with Crippen LogP contribution in [0.2, 0.25) is 0 Å². The Morgan fingerprint density at radius 1 is 1.22 bits per heavy atom. The molecule has 0 aliphatic carbocycles. The molecule has 3 aromatic heterocycles. The number of nitrogens with zero attached hydrogens (tertiary/aromatic N) is 9. The fraction of sp³-hybridized carbons (Fsp3) is 0.353. The molecule has 10 heteroatoms. The second-order valence-electron chi connectivity index (χ2n) is 6.50. The van der Waals surface area contributed by atoms with Crippen molar-refractivity contribution in [2.45, 2.75) is 19.5 Å². The zero-order chi connectivity index (χ0) is 18.8. The highest BCUT2D eigenvalue weighted by Gasteiger charge is 2.26. The third-order valence-corrected chi connectivity index (χ3v) is 4.45. The maximum absolute atomic E-state index is 12.6. The molecule has 27 heavy (non-hydrogen) atoms. The summed E-state index contributed by atoms with van der Waals surface area (Å²) in [5.41, 5.74) is 2.86. The van der Waals surface area contributed by atoms with E-state index in [2.05, 4.69) is 20.5 Å². The number of aromatic nitrogens is 7. The maximum Gasteiger partial charge on any atom is 0.244 e. The summed E-state index contributed by atoms with van der Waals surface area (Å²) in [6.45, 7) is 1.18. The molecule has 0 spiro atoms. The Labute approximate surface area is 155 Å². The summed E-state index contributed by atoms with van der Waals surface area (Å²) in [6, 6.07) is 3.76. The van der Waals surface area contributed by atoms with Crippen molar-refractivity contribution in [2.24, 2.45) is 0 Å². The van der Waals surface area contributed by atoms with Gasteiger partial charge in [0.2, 0.25) is 5.91 Å². The van der Waals surface area contributed by atoms with Gasteiger partial charge in [0.05, 0.1) is 12.2 Å². The molecule has 1 aliphatic rings. The molecule has 3 aromatic rings. The minimum atomic E-state index is -0.0385. The lowest BCUT2D eigenvalue weighted by molar-refractivity contribution is -0.133. The van der Waals surface area contributed by atoms with E-state index in [0.29, 0.717) is 25.3 Å². The van der Waals surface area contributed by atoms with Crippen molar-refractivity contribution in [3.8, 4) is 11.4 Å². The molecule has 0 radical (unpaired) electrons. The van der Waals surface area contributed by atoms with E-state index < -0.39 is 0 Å². The predicted molar refractivity (Wildman–Crippen MR) is 96.5 cm³/mol. The lowest BCUT2D eigenvalue weighted by atomic mass is 10.0. The first-order chi connectivity index (χ1) is 13.1. The minimum Gasteiger partial charge on any atom is -0.362 e. The van der Waals surface area contributed by atoms with Crippen molar-refractivity contribution in [1.29, 1.82) is 0 Å². The van der Waals surface area contributed by atoms with Crippen molar-refractivity contribution >= 4 is 11.7 Å². The molecular formula is C17H19N9O. The van der Waals surface area contributed by atoms with E-state index >= 15 is 0 Å². The molecule has 0 bridgehead atoms. The average molecular weight is 365 g/mol. The predicted octanol–water partition coefficient (Wildman–Crippen LogP) is 0.176. The van der Waals surface area contributed by atoms with Crippen LogP contribution in [0.1, 0.15) is 11.3 Å². The zero-order valence-electron chi connectivity index (χ0n) is 15.1. The van der Waals surface area contributed by atoms with Gasteiger partial charge in [-0.15, -0.1) is 5.10 Å². The Hall–Kier alpha value is -3.43. The van der Waals surface area contributed by atoms with Gasteiger partial charge in [-0.1, -0.05) is 0 Å². The molecule has 0 unspecified atom stereocenters. The molecule has 0 N–H and O–H groups in total. The molecule has 0 saturated carbocycles. The van der Waals surface area contributed by atoms with Gasteiger partial charge in [0.15, 0.2) is 5.82 Å². The van der Waals surface area contributed by atoms with Crippen LogP contribution in [0.3, 0.4) is 0 Å². The van der Waals surface area contributed by atoms with Gasteiger partial charge < -0.3 is 9.80 Å². The van der Waals surface area contributed by atoms with E-state index in [4.69, 9.17) is 9.97 Å². The number of carbonyl (C=O) groups is 1. The lowest BCUT2D eigenvalue weighted by Crippen LogP contribution is -2.39.